The fraction of sp³-hybridized carbons (Fsp3) is 0.455. The fourth-order valence-corrected chi connectivity index (χ4v) is 4.89. The molecule has 20 heavy (non-hydrogen) atoms. The van der Waals surface area contributed by atoms with E-state index in [2.05, 4.69) is 26.0 Å². The first-order chi connectivity index (χ1) is 8.90. The highest BCUT2D eigenvalue weighted by Crippen LogP contribution is 2.30. The lowest BCUT2D eigenvalue weighted by Crippen LogP contribution is -2.37. The zero-order valence-corrected chi connectivity index (χ0v) is 14.3. The van der Waals surface area contributed by atoms with E-state index in [4.69, 9.17) is 11.6 Å². The molecule has 0 aliphatic carbocycles. The summed E-state index contributed by atoms with van der Waals surface area (Å²) in [6.45, 7) is 1.19. The number of hydrogen-bond acceptors (Lipinski definition) is 3. The van der Waals surface area contributed by atoms with Crippen LogP contribution < -0.4 is 10.0 Å². The van der Waals surface area contributed by atoms with Gasteiger partial charge >= 0.3 is 0 Å². The molecule has 0 saturated carbocycles. The molecule has 1 aromatic rings. The van der Waals surface area contributed by atoms with Gasteiger partial charge in [0.2, 0.25) is 10.0 Å². The summed E-state index contributed by atoms with van der Waals surface area (Å²) in [6.07, 6.45) is 1.97. The summed E-state index contributed by atoms with van der Waals surface area (Å²) in [5.74, 6) is -0.590. The van der Waals surface area contributed by atoms with E-state index >= 15 is 0 Å². The molecule has 0 bridgehead atoms. The molecule has 0 spiro atoms. The summed E-state index contributed by atoms with van der Waals surface area (Å²) in [6, 6.07) is 2.19. The lowest BCUT2D eigenvalue weighted by molar-refractivity contribution is 0.551. The maximum Gasteiger partial charge on any atom is 0.243 e. The third-order valence-electron chi connectivity index (χ3n) is 2.91. The maximum absolute atomic E-state index is 13.1. The predicted octanol–water partition coefficient (Wildman–Crippen LogP) is 2.69. The molecule has 9 heteroatoms. The van der Waals surface area contributed by atoms with Crippen LogP contribution in [0.2, 0.25) is 5.02 Å². The van der Waals surface area contributed by atoms with Gasteiger partial charge in [-0.3, -0.25) is 0 Å². The van der Waals surface area contributed by atoms with E-state index in [-0.39, 0.29) is 32.8 Å². The molecule has 0 radical (unpaired) electrons. The first kappa shape index (κ1) is 18.1. The highest BCUT2D eigenvalue weighted by molar-refractivity contribution is 9.10. The fourth-order valence-electron chi connectivity index (χ4n) is 2.00. The molecule has 2 rings (SSSR count). The Morgan fingerprint density at radius 1 is 1.50 bits per heavy atom. The smallest absolute Gasteiger partial charge is 0.243 e. The van der Waals surface area contributed by atoms with Gasteiger partial charge in [-0.2, -0.15) is 0 Å². The maximum atomic E-state index is 13.1. The van der Waals surface area contributed by atoms with Crippen molar-refractivity contribution >= 4 is 50.0 Å². The first-order valence-corrected chi connectivity index (χ1v) is 8.43. The largest absolute Gasteiger partial charge is 0.313 e. The monoisotopic (exact) mass is 406 g/mol. The zero-order chi connectivity index (χ0) is 14.0. The van der Waals surface area contributed by atoms with E-state index in [0.717, 1.165) is 31.5 Å². The number of benzene rings is 1. The van der Waals surface area contributed by atoms with Crippen molar-refractivity contribution in [3.63, 3.8) is 0 Å². The zero-order valence-electron chi connectivity index (χ0n) is 10.3. The number of nitrogens with one attached hydrogen (secondary N) is 2. The number of halogens is 4. The summed E-state index contributed by atoms with van der Waals surface area (Å²) in [5.41, 5.74) is 0. The molecule has 114 valence electrons. The summed E-state index contributed by atoms with van der Waals surface area (Å²) >= 11 is 8.84. The molecule has 0 aromatic heterocycles. The second-order valence-electron chi connectivity index (χ2n) is 4.34. The van der Waals surface area contributed by atoms with Crippen LogP contribution in [0, 0.1) is 5.82 Å². The molecule has 0 amide bonds. The predicted molar refractivity (Wildman–Crippen MR) is 82.6 cm³/mol. The molecule has 1 fully saturated rings. The second-order valence-corrected chi connectivity index (χ2v) is 7.31. The van der Waals surface area contributed by atoms with Gasteiger partial charge in [-0.25, -0.2) is 17.5 Å². The van der Waals surface area contributed by atoms with Crippen LogP contribution in [0.5, 0.6) is 0 Å². The molecule has 1 aliphatic heterocycles. The van der Waals surface area contributed by atoms with E-state index in [9.17, 15) is 12.8 Å². The third kappa shape index (κ3) is 4.29. The molecular formula is C11H14BrCl2FN2O2S. The van der Waals surface area contributed by atoms with Crippen LogP contribution in [0.3, 0.4) is 0 Å². The van der Waals surface area contributed by atoms with Crippen molar-refractivity contribution in [1.82, 2.24) is 10.0 Å². The van der Waals surface area contributed by atoms with Gasteiger partial charge in [-0.05, 0) is 47.4 Å². The van der Waals surface area contributed by atoms with Crippen LogP contribution in [0.15, 0.2) is 21.5 Å². The Hall–Kier alpha value is 0.0800. The van der Waals surface area contributed by atoms with Crippen molar-refractivity contribution in [3.05, 3.63) is 27.4 Å². The van der Waals surface area contributed by atoms with E-state index < -0.39 is 15.8 Å². The lowest BCUT2D eigenvalue weighted by Gasteiger charge is -2.14. The Morgan fingerprint density at radius 3 is 2.75 bits per heavy atom. The van der Waals surface area contributed by atoms with Gasteiger partial charge in [0.25, 0.3) is 0 Å². The minimum atomic E-state index is -3.76. The molecule has 1 heterocycles. The summed E-state index contributed by atoms with van der Waals surface area (Å²) in [4.78, 5) is -0.131. The quantitative estimate of drug-likeness (QED) is 0.806. The van der Waals surface area contributed by atoms with Gasteiger partial charge in [0.05, 0.1) is 5.02 Å². The second kappa shape index (κ2) is 7.38. The standard InChI is InChI=1S/C11H13BrClFN2O2S.ClH/c12-9-4-7(14)5-10(13)11(9)19(17,18)16-6-8-2-1-3-15-8;/h4-5,8,15-16H,1-3,6H2;1H. The van der Waals surface area contributed by atoms with Crippen LogP contribution in [0.4, 0.5) is 4.39 Å². The summed E-state index contributed by atoms with van der Waals surface area (Å²) < 4.78 is 40.0. The highest BCUT2D eigenvalue weighted by atomic mass is 79.9. The molecule has 1 atom stereocenters. The number of hydrogen-bond donors (Lipinski definition) is 2. The van der Waals surface area contributed by atoms with E-state index in [0.29, 0.717) is 6.54 Å². The van der Waals surface area contributed by atoms with Crippen molar-refractivity contribution in [2.24, 2.45) is 0 Å². The van der Waals surface area contributed by atoms with E-state index in [1.807, 2.05) is 0 Å². The summed E-state index contributed by atoms with van der Waals surface area (Å²) in [5, 5.41) is 3.05. The Labute approximate surface area is 137 Å². The lowest BCUT2D eigenvalue weighted by atomic mass is 10.2. The molecular weight excluding hydrogens is 394 g/mol. The number of rotatable bonds is 4. The molecule has 2 N–H and O–H groups in total. The molecule has 1 aliphatic rings. The van der Waals surface area contributed by atoms with E-state index in [1.165, 1.54) is 0 Å². The van der Waals surface area contributed by atoms with Crippen LogP contribution in [0.1, 0.15) is 12.8 Å². The molecule has 1 unspecified atom stereocenters. The minimum absolute atomic E-state index is 0. The van der Waals surface area contributed by atoms with Crippen LogP contribution in [-0.2, 0) is 10.0 Å². The average molecular weight is 408 g/mol. The topological polar surface area (TPSA) is 58.2 Å². The molecule has 4 nitrogen and oxygen atoms in total. The van der Waals surface area contributed by atoms with Crippen molar-refractivity contribution < 1.29 is 12.8 Å². The van der Waals surface area contributed by atoms with Crippen molar-refractivity contribution in [2.75, 3.05) is 13.1 Å². The van der Waals surface area contributed by atoms with Crippen LogP contribution in [-0.4, -0.2) is 27.5 Å². The van der Waals surface area contributed by atoms with Crippen molar-refractivity contribution in [3.8, 4) is 0 Å². The number of sulfonamides is 1. The van der Waals surface area contributed by atoms with Gasteiger partial charge in [0.1, 0.15) is 10.7 Å². The van der Waals surface area contributed by atoms with Gasteiger partial charge in [-0.15, -0.1) is 12.4 Å². The first-order valence-electron chi connectivity index (χ1n) is 5.78. The Bertz CT molecular complexity index is 557. The van der Waals surface area contributed by atoms with E-state index in [1.54, 1.807) is 0 Å². The van der Waals surface area contributed by atoms with Gasteiger partial charge in [0, 0.05) is 17.1 Å². The van der Waals surface area contributed by atoms with Crippen molar-refractivity contribution in [1.29, 1.82) is 0 Å². The minimum Gasteiger partial charge on any atom is -0.313 e. The Kier molecular flexibility index (Phi) is 6.69. The third-order valence-corrected chi connectivity index (χ3v) is 5.74. The summed E-state index contributed by atoms with van der Waals surface area (Å²) in [7, 11) is -3.76. The average Bonchev–Trinajstić information content (AvgIpc) is 2.77. The Morgan fingerprint density at radius 2 is 2.20 bits per heavy atom. The van der Waals surface area contributed by atoms with Crippen LogP contribution in [0.25, 0.3) is 0 Å². The Balaban J connectivity index is 0.00000200. The SMILES string of the molecule is Cl.O=S(=O)(NCC1CCCN1)c1c(Cl)cc(F)cc1Br. The van der Waals surface area contributed by atoms with Gasteiger partial charge in [-0.1, -0.05) is 11.6 Å². The normalized spacial score (nSPS) is 18.9. The van der Waals surface area contributed by atoms with Crippen molar-refractivity contribution in [2.45, 2.75) is 23.8 Å². The van der Waals surface area contributed by atoms with Gasteiger partial charge in [0.15, 0.2) is 0 Å². The molecule has 1 saturated heterocycles. The van der Waals surface area contributed by atoms with Crippen LogP contribution >= 0.6 is 39.9 Å². The molecule has 1 aromatic carbocycles. The highest BCUT2D eigenvalue weighted by Gasteiger charge is 2.24. The van der Waals surface area contributed by atoms with Gasteiger partial charge < -0.3 is 5.32 Å².